The minimum atomic E-state index is -4.18. The molecule has 1 aliphatic heterocycles. The number of hydrogen-bond acceptors (Lipinski definition) is 3. The highest BCUT2D eigenvalue weighted by atomic mass is 19.4. The van der Waals surface area contributed by atoms with Crippen LogP contribution in [0.2, 0.25) is 0 Å². The van der Waals surface area contributed by atoms with E-state index in [9.17, 15) is 18.0 Å². The molecule has 2 rings (SSSR count). The Morgan fingerprint density at radius 2 is 2.00 bits per heavy atom. The summed E-state index contributed by atoms with van der Waals surface area (Å²) in [5.41, 5.74) is 6.17. The maximum atomic E-state index is 12.5. The highest BCUT2D eigenvalue weighted by Gasteiger charge is 2.41. The van der Waals surface area contributed by atoms with Gasteiger partial charge in [0.05, 0.1) is 23.4 Å². The number of hydrogen-bond donors (Lipinski definition) is 1. The Hall–Kier alpha value is -1.79. The molecule has 104 valence electrons. The number of aromatic nitrogens is 1. The lowest BCUT2D eigenvalue weighted by Crippen LogP contribution is -2.42. The monoisotopic (exact) mass is 273 g/mol. The first-order valence-corrected chi connectivity index (χ1v) is 5.95. The highest BCUT2D eigenvalue weighted by Crippen LogP contribution is 2.34. The first kappa shape index (κ1) is 13.6. The average molecular weight is 273 g/mol. The standard InChI is InChI=1S/C12H14F3N3O/c13-12(14,15)8-2-5-18(6-3-8)11(19)9-1-4-17-7-10(9)16/h1,4,7-8H,2-3,5-6,16H2. The molecule has 0 bridgehead atoms. The molecule has 0 atom stereocenters. The van der Waals surface area contributed by atoms with Crippen LogP contribution in [-0.2, 0) is 0 Å². The molecule has 2 heterocycles. The van der Waals surface area contributed by atoms with E-state index in [0.29, 0.717) is 5.56 Å². The van der Waals surface area contributed by atoms with E-state index in [1.807, 2.05) is 0 Å². The Bertz CT molecular complexity index is 468. The molecule has 0 radical (unpaired) electrons. The van der Waals surface area contributed by atoms with Gasteiger partial charge in [-0.3, -0.25) is 9.78 Å². The summed E-state index contributed by atoms with van der Waals surface area (Å²) in [4.78, 5) is 17.3. The number of carbonyl (C=O) groups is 1. The van der Waals surface area contributed by atoms with Gasteiger partial charge < -0.3 is 10.6 Å². The number of nitrogens with two attached hydrogens (primary N) is 1. The minimum Gasteiger partial charge on any atom is -0.397 e. The van der Waals surface area contributed by atoms with Crippen molar-refractivity contribution in [3.8, 4) is 0 Å². The minimum absolute atomic E-state index is 0.0553. The molecule has 0 saturated carbocycles. The van der Waals surface area contributed by atoms with Gasteiger partial charge in [-0.2, -0.15) is 13.2 Å². The fourth-order valence-electron chi connectivity index (χ4n) is 2.18. The third-order valence-corrected chi connectivity index (χ3v) is 3.33. The number of pyridine rings is 1. The van der Waals surface area contributed by atoms with Crippen LogP contribution < -0.4 is 5.73 Å². The van der Waals surface area contributed by atoms with Crippen LogP contribution in [0.1, 0.15) is 23.2 Å². The average Bonchev–Trinajstić information content (AvgIpc) is 2.38. The molecule has 1 aliphatic rings. The van der Waals surface area contributed by atoms with Gasteiger partial charge >= 0.3 is 6.18 Å². The van der Waals surface area contributed by atoms with Crippen molar-refractivity contribution >= 4 is 11.6 Å². The van der Waals surface area contributed by atoms with E-state index in [1.165, 1.54) is 23.4 Å². The molecular weight excluding hydrogens is 259 g/mol. The number of anilines is 1. The van der Waals surface area contributed by atoms with Crippen molar-refractivity contribution in [2.75, 3.05) is 18.8 Å². The number of nitrogen functional groups attached to an aromatic ring is 1. The number of likely N-dealkylation sites (tertiary alicyclic amines) is 1. The molecule has 1 amide bonds. The van der Waals surface area contributed by atoms with Crippen LogP contribution in [0.5, 0.6) is 0 Å². The third kappa shape index (κ3) is 2.97. The summed E-state index contributed by atoms with van der Waals surface area (Å²) in [5, 5.41) is 0. The number of rotatable bonds is 1. The zero-order chi connectivity index (χ0) is 14.0. The number of halogens is 3. The zero-order valence-corrected chi connectivity index (χ0v) is 10.2. The first-order valence-electron chi connectivity index (χ1n) is 5.95. The van der Waals surface area contributed by atoms with E-state index in [2.05, 4.69) is 4.98 Å². The number of amides is 1. The van der Waals surface area contributed by atoms with Crippen molar-refractivity contribution in [1.29, 1.82) is 0 Å². The Kier molecular flexibility index (Phi) is 3.64. The third-order valence-electron chi connectivity index (χ3n) is 3.33. The van der Waals surface area contributed by atoms with Gasteiger partial charge in [-0.15, -0.1) is 0 Å². The summed E-state index contributed by atoms with van der Waals surface area (Å²) < 4.78 is 37.6. The van der Waals surface area contributed by atoms with E-state index >= 15 is 0 Å². The first-order chi connectivity index (χ1) is 8.89. The molecule has 0 unspecified atom stereocenters. The van der Waals surface area contributed by atoms with Gasteiger partial charge in [-0.05, 0) is 18.9 Å². The number of nitrogens with zero attached hydrogens (tertiary/aromatic N) is 2. The highest BCUT2D eigenvalue weighted by molar-refractivity contribution is 5.98. The predicted molar refractivity (Wildman–Crippen MR) is 63.3 cm³/mol. The molecule has 1 aromatic rings. The molecule has 19 heavy (non-hydrogen) atoms. The fourth-order valence-corrected chi connectivity index (χ4v) is 2.18. The van der Waals surface area contributed by atoms with Crippen molar-refractivity contribution < 1.29 is 18.0 Å². The summed E-state index contributed by atoms with van der Waals surface area (Å²) in [6.07, 6.45) is -1.49. The van der Waals surface area contributed by atoms with Crippen LogP contribution in [0.3, 0.4) is 0 Å². The largest absolute Gasteiger partial charge is 0.397 e. The SMILES string of the molecule is Nc1cnccc1C(=O)N1CCC(C(F)(F)F)CC1. The summed E-state index contributed by atoms with van der Waals surface area (Å²) in [5.74, 6) is -1.65. The smallest absolute Gasteiger partial charge is 0.391 e. The Labute approximate surface area is 108 Å². The van der Waals surface area contributed by atoms with E-state index in [0.717, 1.165) is 0 Å². The van der Waals surface area contributed by atoms with Crippen LogP contribution in [0, 0.1) is 5.92 Å². The van der Waals surface area contributed by atoms with Crippen molar-refractivity contribution in [2.24, 2.45) is 5.92 Å². The van der Waals surface area contributed by atoms with Crippen LogP contribution in [0.4, 0.5) is 18.9 Å². The second-order valence-electron chi connectivity index (χ2n) is 4.57. The van der Waals surface area contributed by atoms with Gasteiger partial charge in [0, 0.05) is 19.3 Å². The van der Waals surface area contributed by atoms with E-state index in [4.69, 9.17) is 5.73 Å². The van der Waals surface area contributed by atoms with Gasteiger partial charge in [0.25, 0.3) is 5.91 Å². The van der Waals surface area contributed by atoms with Gasteiger partial charge in [-0.1, -0.05) is 0 Å². The Morgan fingerprint density at radius 3 is 2.53 bits per heavy atom. The van der Waals surface area contributed by atoms with Gasteiger partial charge in [0.15, 0.2) is 0 Å². The number of piperidine rings is 1. The molecule has 2 N–H and O–H groups in total. The summed E-state index contributed by atoms with van der Waals surface area (Å²) >= 11 is 0. The lowest BCUT2D eigenvalue weighted by atomic mass is 9.96. The molecule has 0 aliphatic carbocycles. The summed E-state index contributed by atoms with van der Waals surface area (Å²) in [7, 11) is 0. The molecule has 1 fully saturated rings. The van der Waals surface area contributed by atoms with Crippen LogP contribution >= 0.6 is 0 Å². The second-order valence-corrected chi connectivity index (χ2v) is 4.57. The van der Waals surface area contributed by atoms with Crippen molar-refractivity contribution in [3.63, 3.8) is 0 Å². The molecule has 0 aromatic carbocycles. The number of alkyl halides is 3. The predicted octanol–water partition coefficient (Wildman–Crippen LogP) is 2.08. The Morgan fingerprint density at radius 1 is 1.37 bits per heavy atom. The maximum Gasteiger partial charge on any atom is 0.391 e. The summed E-state index contributed by atoms with van der Waals surface area (Å²) in [6, 6.07) is 1.48. The second kappa shape index (κ2) is 5.07. The van der Waals surface area contributed by atoms with Gasteiger partial charge in [-0.25, -0.2) is 0 Å². The normalized spacial score (nSPS) is 17.5. The van der Waals surface area contributed by atoms with Crippen LogP contribution in [0.15, 0.2) is 18.5 Å². The zero-order valence-electron chi connectivity index (χ0n) is 10.2. The number of carbonyl (C=O) groups excluding carboxylic acids is 1. The van der Waals surface area contributed by atoms with Crippen molar-refractivity contribution in [3.05, 3.63) is 24.0 Å². The van der Waals surface area contributed by atoms with Crippen molar-refractivity contribution in [1.82, 2.24) is 9.88 Å². The van der Waals surface area contributed by atoms with Gasteiger partial charge in [0.2, 0.25) is 0 Å². The molecular formula is C12H14F3N3O. The van der Waals surface area contributed by atoms with Crippen molar-refractivity contribution in [2.45, 2.75) is 19.0 Å². The van der Waals surface area contributed by atoms with Gasteiger partial charge in [0.1, 0.15) is 0 Å². The quantitative estimate of drug-likeness (QED) is 0.852. The molecule has 7 heteroatoms. The molecule has 4 nitrogen and oxygen atoms in total. The maximum absolute atomic E-state index is 12.5. The molecule has 1 saturated heterocycles. The van der Waals surface area contributed by atoms with Crippen LogP contribution in [-0.4, -0.2) is 35.1 Å². The van der Waals surface area contributed by atoms with E-state index in [1.54, 1.807) is 0 Å². The van der Waals surface area contributed by atoms with E-state index < -0.39 is 12.1 Å². The van der Waals surface area contributed by atoms with E-state index in [-0.39, 0.29) is 37.5 Å². The molecule has 1 aromatic heterocycles. The fraction of sp³-hybridized carbons (Fsp3) is 0.500. The molecule has 0 spiro atoms. The lowest BCUT2D eigenvalue weighted by Gasteiger charge is -2.33. The summed E-state index contributed by atoms with van der Waals surface area (Å²) in [6.45, 7) is 0.204. The lowest BCUT2D eigenvalue weighted by molar-refractivity contribution is -0.183. The Balaban J connectivity index is 2.03. The van der Waals surface area contributed by atoms with Crippen LogP contribution in [0.25, 0.3) is 0 Å². The topological polar surface area (TPSA) is 59.2 Å².